The molecule has 1 amide bonds. The largest absolute Gasteiger partial charge is 0.451 e. The lowest BCUT2D eigenvalue weighted by atomic mass is 9.88. The number of ether oxygens (including phenoxy) is 3. The Morgan fingerprint density at radius 3 is 2.84 bits per heavy atom. The molecule has 0 aromatic carbocycles. The van der Waals surface area contributed by atoms with Gasteiger partial charge in [0.25, 0.3) is 5.91 Å². The quantitative estimate of drug-likeness (QED) is 0.825. The van der Waals surface area contributed by atoms with E-state index in [0.717, 1.165) is 51.9 Å². The van der Waals surface area contributed by atoms with Gasteiger partial charge in [-0.3, -0.25) is 4.79 Å². The van der Waals surface area contributed by atoms with Gasteiger partial charge in [-0.25, -0.2) is 4.98 Å². The molecule has 1 unspecified atom stereocenters. The van der Waals surface area contributed by atoms with Crippen LogP contribution in [0.2, 0.25) is 0 Å². The van der Waals surface area contributed by atoms with Crippen LogP contribution in [-0.4, -0.2) is 67.0 Å². The van der Waals surface area contributed by atoms with Gasteiger partial charge in [0.1, 0.15) is 6.26 Å². The SMILES string of the molecule is O=C(c1cocn1)N1CCC2(CC1)CC(OCC1CCOCC1)CO2. The molecule has 7 heteroatoms. The molecule has 1 aromatic rings. The molecule has 0 bridgehead atoms. The maximum absolute atomic E-state index is 12.3. The third-order valence-electron chi connectivity index (χ3n) is 5.70. The predicted molar refractivity (Wildman–Crippen MR) is 88.2 cm³/mol. The number of hydrogen-bond donors (Lipinski definition) is 0. The van der Waals surface area contributed by atoms with Crippen LogP contribution in [0.25, 0.3) is 0 Å². The summed E-state index contributed by atoms with van der Waals surface area (Å²) in [4.78, 5) is 18.1. The van der Waals surface area contributed by atoms with Crippen molar-refractivity contribution >= 4 is 5.91 Å². The summed E-state index contributed by atoms with van der Waals surface area (Å²) in [5, 5.41) is 0. The summed E-state index contributed by atoms with van der Waals surface area (Å²) in [6, 6.07) is 0. The van der Waals surface area contributed by atoms with E-state index >= 15 is 0 Å². The van der Waals surface area contributed by atoms with Crippen LogP contribution < -0.4 is 0 Å². The topological polar surface area (TPSA) is 74.0 Å². The molecule has 0 N–H and O–H groups in total. The first-order valence-corrected chi connectivity index (χ1v) is 9.25. The summed E-state index contributed by atoms with van der Waals surface area (Å²) in [6.07, 6.45) is 7.71. The molecule has 3 aliphatic rings. The van der Waals surface area contributed by atoms with E-state index in [9.17, 15) is 4.79 Å². The summed E-state index contributed by atoms with van der Waals surface area (Å²) in [6.45, 7) is 4.57. The summed E-state index contributed by atoms with van der Waals surface area (Å²) in [7, 11) is 0. The Bertz CT molecular complexity index is 562. The minimum atomic E-state index is -0.124. The van der Waals surface area contributed by atoms with E-state index in [1.165, 1.54) is 12.7 Å². The molecular weight excluding hydrogens is 324 g/mol. The van der Waals surface area contributed by atoms with Crippen molar-refractivity contribution in [3.63, 3.8) is 0 Å². The van der Waals surface area contributed by atoms with Crippen LogP contribution in [-0.2, 0) is 14.2 Å². The van der Waals surface area contributed by atoms with Gasteiger partial charge in [-0.2, -0.15) is 0 Å². The van der Waals surface area contributed by atoms with Gasteiger partial charge in [-0.05, 0) is 31.6 Å². The van der Waals surface area contributed by atoms with E-state index < -0.39 is 0 Å². The minimum Gasteiger partial charge on any atom is -0.451 e. The van der Waals surface area contributed by atoms with Gasteiger partial charge in [-0.1, -0.05) is 0 Å². The Morgan fingerprint density at radius 2 is 2.12 bits per heavy atom. The fourth-order valence-corrected chi connectivity index (χ4v) is 4.04. The van der Waals surface area contributed by atoms with Crippen LogP contribution in [0.4, 0.5) is 0 Å². The molecule has 0 saturated carbocycles. The molecule has 25 heavy (non-hydrogen) atoms. The molecule has 1 spiro atoms. The first-order valence-electron chi connectivity index (χ1n) is 9.25. The molecule has 138 valence electrons. The molecule has 3 aliphatic heterocycles. The van der Waals surface area contributed by atoms with Gasteiger partial charge in [0, 0.05) is 32.7 Å². The molecule has 0 aliphatic carbocycles. The first kappa shape index (κ1) is 17.0. The maximum Gasteiger partial charge on any atom is 0.275 e. The van der Waals surface area contributed by atoms with Crippen LogP contribution in [0.1, 0.15) is 42.6 Å². The zero-order valence-electron chi connectivity index (χ0n) is 14.5. The van der Waals surface area contributed by atoms with E-state index in [0.29, 0.717) is 31.3 Å². The van der Waals surface area contributed by atoms with Crippen LogP contribution in [0.15, 0.2) is 17.1 Å². The molecule has 7 nitrogen and oxygen atoms in total. The predicted octanol–water partition coefficient (Wildman–Crippen LogP) is 1.88. The van der Waals surface area contributed by atoms with E-state index in [1.54, 1.807) is 0 Å². The highest BCUT2D eigenvalue weighted by Gasteiger charge is 2.44. The highest BCUT2D eigenvalue weighted by atomic mass is 16.6. The lowest BCUT2D eigenvalue weighted by Crippen LogP contribution is -2.46. The van der Waals surface area contributed by atoms with Crippen molar-refractivity contribution in [1.82, 2.24) is 9.88 Å². The summed E-state index contributed by atoms with van der Waals surface area (Å²) in [5.41, 5.74) is 0.252. The van der Waals surface area contributed by atoms with Crippen molar-refractivity contribution in [3.8, 4) is 0 Å². The zero-order valence-corrected chi connectivity index (χ0v) is 14.5. The van der Waals surface area contributed by atoms with Crippen LogP contribution in [0, 0.1) is 5.92 Å². The molecular formula is C18H26N2O5. The Hall–Kier alpha value is -1.44. The third kappa shape index (κ3) is 3.88. The lowest BCUT2D eigenvalue weighted by Gasteiger charge is -2.38. The number of aromatic nitrogens is 1. The van der Waals surface area contributed by atoms with Gasteiger partial charge in [0.2, 0.25) is 0 Å². The molecule has 4 rings (SSSR count). The monoisotopic (exact) mass is 350 g/mol. The van der Waals surface area contributed by atoms with Gasteiger partial charge in [-0.15, -0.1) is 0 Å². The van der Waals surface area contributed by atoms with Crippen molar-refractivity contribution in [2.45, 2.75) is 43.8 Å². The zero-order chi connectivity index (χ0) is 17.1. The second kappa shape index (κ2) is 7.43. The smallest absolute Gasteiger partial charge is 0.275 e. The van der Waals surface area contributed by atoms with Crippen LogP contribution in [0.5, 0.6) is 0 Å². The highest BCUT2D eigenvalue weighted by Crippen LogP contribution is 2.37. The average Bonchev–Trinajstić information content (AvgIpc) is 3.32. The van der Waals surface area contributed by atoms with E-state index in [2.05, 4.69) is 4.98 Å². The number of rotatable bonds is 4. The van der Waals surface area contributed by atoms with Crippen molar-refractivity contribution in [1.29, 1.82) is 0 Å². The van der Waals surface area contributed by atoms with Crippen molar-refractivity contribution in [2.24, 2.45) is 5.92 Å². The fraction of sp³-hybridized carbons (Fsp3) is 0.778. The van der Waals surface area contributed by atoms with Gasteiger partial charge < -0.3 is 23.5 Å². The number of oxazole rings is 1. The number of carbonyl (C=O) groups excluding carboxylic acids is 1. The molecule has 4 heterocycles. The number of hydrogen-bond acceptors (Lipinski definition) is 6. The van der Waals surface area contributed by atoms with Gasteiger partial charge >= 0.3 is 0 Å². The van der Waals surface area contributed by atoms with Crippen molar-refractivity contribution < 1.29 is 23.4 Å². The summed E-state index contributed by atoms with van der Waals surface area (Å²) < 4.78 is 22.5. The molecule has 3 fully saturated rings. The first-order chi connectivity index (χ1) is 12.2. The maximum atomic E-state index is 12.3. The molecule has 0 radical (unpaired) electrons. The lowest BCUT2D eigenvalue weighted by molar-refractivity contribution is -0.0428. The second-order valence-corrected chi connectivity index (χ2v) is 7.38. The van der Waals surface area contributed by atoms with E-state index in [1.807, 2.05) is 4.90 Å². The van der Waals surface area contributed by atoms with E-state index in [-0.39, 0.29) is 17.6 Å². The summed E-state index contributed by atoms with van der Waals surface area (Å²) >= 11 is 0. The number of piperidine rings is 1. The van der Waals surface area contributed by atoms with Gasteiger partial charge in [0.05, 0.1) is 24.9 Å². The van der Waals surface area contributed by atoms with Crippen molar-refractivity contribution in [3.05, 3.63) is 18.4 Å². The van der Waals surface area contributed by atoms with E-state index in [4.69, 9.17) is 18.6 Å². The average molecular weight is 350 g/mol. The number of carbonyl (C=O) groups is 1. The normalized spacial score (nSPS) is 27.0. The fourth-order valence-electron chi connectivity index (χ4n) is 4.04. The van der Waals surface area contributed by atoms with Crippen LogP contribution >= 0.6 is 0 Å². The minimum absolute atomic E-state index is 0.0612. The number of amides is 1. The second-order valence-electron chi connectivity index (χ2n) is 7.38. The Balaban J connectivity index is 1.24. The Kier molecular flexibility index (Phi) is 5.05. The molecule has 1 aromatic heterocycles. The number of nitrogens with zero attached hydrogens (tertiary/aromatic N) is 2. The standard InChI is InChI=1S/C18H26N2O5/c21-17(16-12-23-13-19-16)20-5-3-18(4-6-20)9-15(11-25-18)24-10-14-1-7-22-8-2-14/h12-15H,1-11H2. The van der Waals surface area contributed by atoms with Gasteiger partial charge in [0.15, 0.2) is 12.1 Å². The molecule has 3 saturated heterocycles. The third-order valence-corrected chi connectivity index (χ3v) is 5.70. The highest BCUT2D eigenvalue weighted by molar-refractivity contribution is 5.91. The Morgan fingerprint density at radius 1 is 1.32 bits per heavy atom. The van der Waals surface area contributed by atoms with Crippen molar-refractivity contribution in [2.75, 3.05) is 39.5 Å². The number of likely N-dealkylation sites (tertiary alicyclic amines) is 1. The Labute approximate surface area is 147 Å². The van der Waals surface area contributed by atoms with Crippen LogP contribution in [0.3, 0.4) is 0 Å². The summed E-state index contributed by atoms with van der Waals surface area (Å²) in [5.74, 6) is 0.557. The molecule has 1 atom stereocenters.